The van der Waals surface area contributed by atoms with Crippen molar-refractivity contribution in [3.8, 4) is 0 Å². The zero-order valence-corrected chi connectivity index (χ0v) is 12.6. The highest BCUT2D eigenvalue weighted by Gasteiger charge is 2.12. The summed E-state index contributed by atoms with van der Waals surface area (Å²) < 4.78 is 0.812. The molecule has 0 saturated heterocycles. The highest BCUT2D eigenvalue weighted by atomic mass is 79.9. The third-order valence-corrected chi connectivity index (χ3v) is 3.49. The standard InChI is InChI=1S/C13H10BrN3O2S/c14-9-3-1-4-10(7-9)16-12(18)13(19)17-15-8-11-5-2-6-20-11/h1-8H,(H,16,18)(H,17,19). The van der Waals surface area contributed by atoms with E-state index in [9.17, 15) is 9.59 Å². The lowest BCUT2D eigenvalue weighted by atomic mass is 10.3. The van der Waals surface area contributed by atoms with Crippen LogP contribution in [0.1, 0.15) is 4.88 Å². The molecule has 1 aromatic heterocycles. The van der Waals surface area contributed by atoms with Crippen LogP contribution in [0.5, 0.6) is 0 Å². The molecule has 0 aliphatic rings. The Labute approximate surface area is 127 Å². The molecule has 2 aromatic rings. The maximum absolute atomic E-state index is 11.6. The number of hydrazone groups is 1. The maximum Gasteiger partial charge on any atom is 0.329 e. The van der Waals surface area contributed by atoms with Crippen molar-refractivity contribution in [3.05, 3.63) is 51.1 Å². The summed E-state index contributed by atoms with van der Waals surface area (Å²) in [5.41, 5.74) is 2.70. The van der Waals surface area contributed by atoms with Gasteiger partial charge in [-0.25, -0.2) is 5.43 Å². The quantitative estimate of drug-likeness (QED) is 0.506. The van der Waals surface area contributed by atoms with Crippen molar-refractivity contribution in [1.82, 2.24) is 5.43 Å². The van der Waals surface area contributed by atoms with Gasteiger partial charge in [0.2, 0.25) is 0 Å². The van der Waals surface area contributed by atoms with Gasteiger partial charge in [0.25, 0.3) is 0 Å². The number of thiophene rings is 1. The molecule has 1 aromatic carbocycles. The fraction of sp³-hybridized carbons (Fsp3) is 0. The van der Waals surface area contributed by atoms with E-state index in [1.165, 1.54) is 17.6 Å². The third-order valence-electron chi connectivity index (χ3n) is 2.19. The number of hydrogen-bond acceptors (Lipinski definition) is 4. The maximum atomic E-state index is 11.6. The summed E-state index contributed by atoms with van der Waals surface area (Å²) in [4.78, 5) is 24.0. The van der Waals surface area contributed by atoms with Crippen molar-refractivity contribution in [2.24, 2.45) is 5.10 Å². The summed E-state index contributed by atoms with van der Waals surface area (Å²) >= 11 is 4.76. The predicted octanol–water partition coefficient (Wildman–Crippen LogP) is 2.60. The number of carbonyl (C=O) groups is 2. The van der Waals surface area contributed by atoms with Gasteiger partial charge in [-0.3, -0.25) is 9.59 Å². The molecule has 1 heterocycles. The van der Waals surface area contributed by atoms with Gasteiger partial charge in [0, 0.05) is 15.0 Å². The Morgan fingerprint density at radius 2 is 2.05 bits per heavy atom. The molecule has 0 bridgehead atoms. The summed E-state index contributed by atoms with van der Waals surface area (Å²) in [6.45, 7) is 0. The van der Waals surface area contributed by atoms with E-state index in [-0.39, 0.29) is 0 Å². The van der Waals surface area contributed by atoms with Crippen LogP contribution in [0.25, 0.3) is 0 Å². The summed E-state index contributed by atoms with van der Waals surface area (Å²) in [5, 5.41) is 8.08. The van der Waals surface area contributed by atoms with Crippen molar-refractivity contribution in [1.29, 1.82) is 0 Å². The zero-order valence-electron chi connectivity index (χ0n) is 10.2. The number of carbonyl (C=O) groups excluding carboxylic acids is 2. The topological polar surface area (TPSA) is 70.6 Å². The molecule has 0 aliphatic carbocycles. The number of anilines is 1. The lowest BCUT2D eigenvalue weighted by molar-refractivity contribution is -0.136. The van der Waals surface area contributed by atoms with Crippen LogP contribution in [-0.2, 0) is 9.59 Å². The molecule has 0 aliphatic heterocycles. The number of nitrogens with one attached hydrogen (secondary N) is 2. The minimum absolute atomic E-state index is 0.529. The van der Waals surface area contributed by atoms with E-state index in [0.717, 1.165) is 9.35 Å². The number of nitrogens with zero attached hydrogens (tertiary/aromatic N) is 1. The smallest absolute Gasteiger partial charge is 0.318 e. The van der Waals surface area contributed by atoms with E-state index < -0.39 is 11.8 Å². The van der Waals surface area contributed by atoms with Gasteiger partial charge in [0.05, 0.1) is 6.21 Å². The van der Waals surface area contributed by atoms with Crippen molar-refractivity contribution < 1.29 is 9.59 Å². The number of rotatable bonds is 3. The van der Waals surface area contributed by atoms with Crippen LogP contribution in [0.15, 0.2) is 51.4 Å². The van der Waals surface area contributed by atoms with Gasteiger partial charge in [0.1, 0.15) is 0 Å². The van der Waals surface area contributed by atoms with Crippen LogP contribution in [0, 0.1) is 0 Å². The summed E-state index contributed by atoms with van der Waals surface area (Å²) in [7, 11) is 0. The predicted molar refractivity (Wildman–Crippen MR) is 82.8 cm³/mol. The first kappa shape index (κ1) is 14.4. The minimum atomic E-state index is -0.821. The normalized spacial score (nSPS) is 10.4. The zero-order chi connectivity index (χ0) is 14.4. The summed E-state index contributed by atoms with van der Waals surface area (Å²) in [6.07, 6.45) is 1.48. The van der Waals surface area contributed by atoms with Gasteiger partial charge in [0.15, 0.2) is 0 Å². The molecule has 102 valence electrons. The van der Waals surface area contributed by atoms with Crippen molar-refractivity contribution in [2.45, 2.75) is 0 Å². The molecule has 5 nitrogen and oxygen atoms in total. The lowest BCUT2D eigenvalue weighted by Gasteiger charge is -2.03. The molecular formula is C13H10BrN3O2S. The van der Waals surface area contributed by atoms with Crippen LogP contribution < -0.4 is 10.7 Å². The Morgan fingerprint density at radius 1 is 1.20 bits per heavy atom. The first-order chi connectivity index (χ1) is 9.65. The fourth-order valence-corrected chi connectivity index (χ4v) is 2.31. The molecule has 7 heteroatoms. The van der Waals surface area contributed by atoms with E-state index in [1.54, 1.807) is 18.2 Å². The van der Waals surface area contributed by atoms with Crippen LogP contribution in [0.4, 0.5) is 5.69 Å². The number of amides is 2. The molecule has 0 atom stereocenters. The highest BCUT2D eigenvalue weighted by Crippen LogP contribution is 2.15. The Morgan fingerprint density at radius 3 is 2.75 bits per heavy atom. The van der Waals surface area contributed by atoms with Gasteiger partial charge < -0.3 is 5.32 Å². The molecule has 0 unspecified atom stereocenters. The number of benzene rings is 1. The Balaban J connectivity index is 1.87. The van der Waals surface area contributed by atoms with Crippen LogP contribution >= 0.6 is 27.3 Å². The van der Waals surface area contributed by atoms with Crippen molar-refractivity contribution in [3.63, 3.8) is 0 Å². The van der Waals surface area contributed by atoms with Crippen LogP contribution in [-0.4, -0.2) is 18.0 Å². The number of hydrogen-bond donors (Lipinski definition) is 2. The molecule has 2 amide bonds. The Hall–Kier alpha value is -1.99. The molecule has 0 spiro atoms. The summed E-state index contributed by atoms with van der Waals surface area (Å²) in [6, 6.07) is 10.7. The largest absolute Gasteiger partial charge is 0.329 e. The van der Waals surface area contributed by atoms with Gasteiger partial charge >= 0.3 is 11.8 Å². The van der Waals surface area contributed by atoms with E-state index in [4.69, 9.17) is 0 Å². The summed E-state index contributed by atoms with van der Waals surface area (Å²) in [5.74, 6) is -1.59. The average Bonchev–Trinajstić information content (AvgIpc) is 2.91. The van der Waals surface area contributed by atoms with E-state index in [1.807, 2.05) is 23.6 Å². The second-order valence-electron chi connectivity index (χ2n) is 3.68. The van der Waals surface area contributed by atoms with Gasteiger partial charge in [-0.1, -0.05) is 28.1 Å². The Bertz CT molecular complexity index is 641. The molecule has 0 radical (unpaired) electrons. The van der Waals surface area contributed by atoms with E-state index in [0.29, 0.717) is 5.69 Å². The first-order valence-electron chi connectivity index (χ1n) is 5.58. The second-order valence-corrected chi connectivity index (χ2v) is 5.57. The van der Waals surface area contributed by atoms with E-state index >= 15 is 0 Å². The minimum Gasteiger partial charge on any atom is -0.318 e. The lowest BCUT2D eigenvalue weighted by Crippen LogP contribution is -2.32. The fourth-order valence-electron chi connectivity index (χ4n) is 1.32. The van der Waals surface area contributed by atoms with Gasteiger partial charge in [-0.05, 0) is 29.6 Å². The first-order valence-corrected chi connectivity index (χ1v) is 7.26. The Kier molecular flexibility index (Phi) is 5.03. The SMILES string of the molecule is O=C(NN=Cc1cccs1)C(=O)Nc1cccc(Br)c1. The van der Waals surface area contributed by atoms with Crippen LogP contribution in [0.3, 0.4) is 0 Å². The van der Waals surface area contributed by atoms with E-state index in [2.05, 4.69) is 31.8 Å². The monoisotopic (exact) mass is 351 g/mol. The van der Waals surface area contributed by atoms with Crippen LogP contribution in [0.2, 0.25) is 0 Å². The van der Waals surface area contributed by atoms with Gasteiger partial charge in [-0.2, -0.15) is 5.10 Å². The average molecular weight is 352 g/mol. The molecule has 0 fully saturated rings. The molecule has 20 heavy (non-hydrogen) atoms. The molecule has 2 rings (SSSR count). The molecular weight excluding hydrogens is 342 g/mol. The highest BCUT2D eigenvalue weighted by molar-refractivity contribution is 9.10. The van der Waals surface area contributed by atoms with Gasteiger partial charge in [-0.15, -0.1) is 11.3 Å². The van der Waals surface area contributed by atoms with Crippen molar-refractivity contribution >= 4 is 51.0 Å². The molecule has 2 N–H and O–H groups in total. The molecule has 0 saturated carbocycles. The third kappa shape index (κ3) is 4.29. The van der Waals surface area contributed by atoms with Crippen molar-refractivity contribution in [2.75, 3.05) is 5.32 Å². The second kappa shape index (κ2) is 6.97. The number of halogens is 1.